The van der Waals surface area contributed by atoms with Crippen LogP contribution in [0.4, 0.5) is 4.39 Å². The van der Waals surface area contributed by atoms with Crippen LogP contribution in [0, 0.1) is 33.5 Å². The van der Waals surface area contributed by atoms with Crippen molar-refractivity contribution in [1.29, 1.82) is 0 Å². The number of rotatable bonds is 8. The maximum atomic E-state index is 14.5. The average Bonchev–Trinajstić information content (AvgIpc) is 2.85. The number of ether oxygens (including phenoxy) is 2. The van der Waals surface area contributed by atoms with Crippen molar-refractivity contribution in [2.75, 3.05) is 0 Å². The lowest BCUT2D eigenvalue weighted by molar-refractivity contribution is 0.0978. The molecule has 2 heterocycles. The van der Waals surface area contributed by atoms with Crippen LogP contribution < -0.4 is 14.2 Å². The zero-order valence-corrected chi connectivity index (χ0v) is 23.8. The number of carbonyl (C=O) groups excluding carboxylic acids is 1. The number of sulfonamides is 1. The molecule has 4 rings (SSSR count). The third kappa shape index (κ3) is 6.42. The Morgan fingerprint density at radius 1 is 0.950 bits per heavy atom. The standard InChI is InChI=1S/C29H29FN4O5S/c1-16(2)38-23-14-21(13-22(30)15-23)25-8-7-24(27(35)34-40(36,37)29-20(6)31-9-10-32-29)28(33-25)39-26-18(4)11-17(3)12-19(26)5/h7-16H,1-6H3,(H,34,35). The Kier molecular flexibility index (Phi) is 8.15. The van der Waals surface area contributed by atoms with E-state index >= 15 is 0 Å². The monoisotopic (exact) mass is 564 g/mol. The van der Waals surface area contributed by atoms with Crippen molar-refractivity contribution in [3.05, 3.63) is 88.6 Å². The summed E-state index contributed by atoms with van der Waals surface area (Å²) in [4.78, 5) is 25.6. The van der Waals surface area contributed by atoms with Crippen LogP contribution in [0.15, 0.2) is 59.9 Å². The van der Waals surface area contributed by atoms with Gasteiger partial charge in [-0.25, -0.2) is 19.1 Å². The lowest BCUT2D eigenvalue weighted by atomic mass is 10.1. The SMILES string of the molecule is Cc1cc(C)c(Oc2nc(-c3cc(F)cc(OC(C)C)c3)ccc2C(=O)NS(=O)(=O)c2nccnc2C)c(C)c1. The summed E-state index contributed by atoms with van der Waals surface area (Å²) in [6.07, 6.45) is 2.39. The van der Waals surface area contributed by atoms with Crippen molar-refractivity contribution in [1.82, 2.24) is 19.7 Å². The van der Waals surface area contributed by atoms with E-state index in [1.54, 1.807) is 6.07 Å². The third-order valence-electron chi connectivity index (χ3n) is 5.76. The minimum absolute atomic E-state index is 0.129. The van der Waals surface area contributed by atoms with E-state index in [2.05, 4.69) is 15.0 Å². The van der Waals surface area contributed by atoms with Gasteiger partial charge in [0.2, 0.25) is 5.88 Å². The molecule has 4 aromatic rings. The van der Waals surface area contributed by atoms with Crippen molar-refractivity contribution in [2.45, 2.75) is 52.7 Å². The second-order valence-corrected chi connectivity index (χ2v) is 11.2. The molecule has 9 nitrogen and oxygen atoms in total. The van der Waals surface area contributed by atoms with Gasteiger partial charge in [0.05, 0.1) is 17.5 Å². The molecule has 2 aromatic heterocycles. The topological polar surface area (TPSA) is 120 Å². The minimum atomic E-state index is -4.36. The van der Waals surface area contributed by atoms with E-state index in [9.17, 15) is 17.6 Å². The van der Waals surface area contributed by atoms with Crippen LogP contribution in [-0.4, -0.2) is 35.4 Å². The van der Waals surface area contributed by atoms with Crippen LogP contribution in [0.3, 0.4) is 0 Å². The smallest absolute Gasteiger partial charge is 0.283 e. The van der Waals surface area contributed by atoms with Crippen LogP contribution in [0.2, 0.25) is 0 Å². The highest BCUT2D eigenvalue weighted by molar-refractivity contribution is 7.90. The van der Waals surface area contributed by atoms with Gasteiger partial charge in [-0.3, -0.25) is 9.78 Å². The van der Waals surface area contributed by atoms with E-state index in [4.69, 9.17) is 9.47 Å². The quantitative estimate of drug-likeness (QED) is 0.293. The summed E-state index contributed by atoms with van der Waals surface area (Å²) >= 11 is 0. The number of halogens is 1. The summed E-state index contributed by atoms with van der Waals surface area (Å²) < 4.78 is 54.2. The number of nitrogens with zero attached hydrogens (tertiary/aromatic N) is 3. The predicted octanol–water partition coefficient (Wildman–Crippen LogP) is 5.61. The Labute approximate surface area is 232 Å². The molecule has 0 aliphatic carbocycles. The molecule has 2 aromatic carbocycles. The van der Waals surface area contributed by atoms with Crippen molar-refractivity contribution >= 4 is 15.9 Å². The van der Waals surface area contributed by atoms with E-state index in [0.717, 1.165) is 16.7 Å². The fourth-order valence-corrected chi connectivity index (χ4v) is 5.30. The molecule has 0 aliphatic heterocycles. The third-order valence-corrected chi connectivity index (χ3v) is 7.13. The first-order chi connectivity index (χ1) is 18.8. The number of hydrogen-bond acceptors (Lipinski definition) is 8. The Balaban J connectivity index is 1.81. The number of amides is 1. The normalized spacial score (nSPS) is 11.4. The molecule has 0 saturated heterocycles. The molecule has 0 saturated carbocycles. The first kappa shape index (κ1) is 28.6. The second kappa shape index (κ2) is 11.4. The second-order valence-electron chi connectivity index (χ2n) is 9.60. The number of benzene rings is 2. The average molecular weight is 565 g/mol. The van der Waals surface area contributed by atoms with Crippen molar-refractivity contribution < 1.29 is 27.1 Å². The van der Waals surface area contributed by atoms with Crippen LogP contribution in [0.25, 0.3) is 11.3 Å². The van der Waals surface area contributed by atoms with Crippen molar-refractivity contribution in [3.8, 4) is 28.6 Å². The van der Waals surface area contributed by atoms with Gasteiger partial charge in [0, 0.05) is 24.0 Å². The molecule has 0 radical (unpaired) electrons. The van der Waals surface area contributed by atoms with Gasteiger partial charge in [-0.1, -0.05) is 17.7 Å². The fourth-order valence-electron chi connectivity index (χ4n) is 4.21. The highest BCUT2D eigenvalue weighted by Gasteiger charge is 2.26. The fraction of sp³-hybridized carbons (Fsp3) is 0.241. The molecule has 11 heteroatoms. The molecule has 0 bridgehead atoms. The number of nitrogens with one attached hydrogen (secondary N) is 1. The molecule has 0 unspecified atom stereocenters. The summed E-state index contributed by atoms with van der Waals surface area (Å²) in [7, 11) is -4.36. The van der Waals surface area contributed by atoms with Crippen molar-refractivity contribution in [2.24, 2.45) is 0 Å². The van der Waals surface area contributed by atoms with Crippen LogP contribution in [0.5, 0.6) is 17.4 Å². The summed E-state index contributed by atoms with van der Waals surface area (Å²) in [6.45, 7) is 10.8. The molecule has 208 valence electrons. The number of aryl methyl sites for hydroxylation is 4. The maximum absolute atomic E-state index is 14.5. The Morgan fingerprint density at radius 2 is 1.62 bits per heavy atom. The molecular weight excluding hydrogens is 535 g/mol. The van der Waals surface area contributed by atoms with Gasteiger partial charge in [0.1, 0.15) is 22.9 Å². The molecule has 0 aliphatic rings. The van der Waals surface area contributed by atoms with Gasteiger partial charge >= 0.3 is 0 Å². The Hall–Kier alpha value is -4.38. The maximum Gasteiger partial charge on any atom is 0.283 e. The Morgan fingerprint density at radius 3 is 2.27 bits per heavy atom. The number of hydrogen-bond donors (Lipinski definition) is 1. The van der Waals surface area contributed by atoms with Gasteiger partial charge in [-0.15, -0.1) is 0 Å². The molecule has 0 atom stereocenters. The number of pyridine rings is 1. The highest BCUT2D eigenvalue weighted by Crippen LogP contribution is 2.33. The number of aromatic nitrogens is 3. The minimum Gasteiger partial charge on any atom is -0.491 e. The summed E-state index contributed by atoms with van der Waals surface area (Å²) in [5, 5.41) is -0.377. The molecular formula is C29H29FN4O5S. The first-order valence-electron chi connectivity index (χ1n) is 12.4. The van der Waals surface area contributed by atoms with Gasteiger partial charge in [-0.2, -0.15) is 8.42 Å². The molecule has 0 spiro atoms. The zero-order valence-electron chi connectivity index (χ0n) is 22.9. The molecule has 1 amide bonds. The van der Waals surface area contributed by atoms with Crippen LogP contribution in [-0.2, 0) is 10.0 Å². The largest absolute Gasteiger partial charge is 0.491 e. The molecule has 40 heavy (non-hydrogen) atoms. The van der Waals surface area contributed by atoms with E-state index in [1.807, 2.05) is 51.5 Å². The first-order valence-corrected chi connectivity index (χ1v) is 13.9. The Bertz CT molecular complexity index is 1680. The molecule has 1 N–H and O–H groups in total. The van der Waals surface area contributed by atoms with E-state index < -0.39 is 21.7 Å². The van der Waals surface area contributed by atoms with E-state index in [1.165, 1.54) is 43.6 Å². The van der Waals surface area contributed by atoms with Gasteiger partial charge < -0.3 is 9.47 Å². The molecule has 0 fully saturated rings. The highest BCUT2D eigenvalue weighted by atomic mass is 32.2. The zero-order chi connectivity index (χ0) is 29.2. The van der Waals surface area contributed by atoms with E-state index in [-0.39, 0.29) is 34.0 Å². The summed E-state index contributed by atoms with van der Waals surface area (Å²) in [5.74, 6) is -0.905. The van der Waals surface area contributed by atoms with Crippen LogP contribution >= 0.6 is 0 Å². The predicted molar refractivity (Wildman–Crippen MR) is 148 cm³/mol. The number of carbonyl (C=O) groups is 1. The lowest BCUT2D eigenvalue weighted by Crippen LogP contribution is -2.32. The van der Waals surface area contributed by atoms with Gasteiger partial charge in [0.25, 0.3) is 15.9 Å². The van der Waals surface area contributed by atoms with Crippen LogP contribution in [0.1, 0.15) is 46.6 Å². The van der Waals surface area contributed by atoms with Gasteiger partial charge in [0.15, 0.2) is 5.03 Å². The van der Waals surface area contributed by atoms with E-state index in [0.29, 0.717) is 17.1 Å². The summed E-state index contributed by atoms with van der Waals surface area (Å²) in [6, 6.07) is 10.8. The summed E-state index contributed by atoms with van der Waals surface area (Å²) in [5.41, 5.74) is 3.24. The van der Waals surface area contributed by atoms with Crippen molar-refractivity contribution in [3.63, 3.8) is 0 Å². The lowest BCUT2D eigenvalue weighted by Gasteiger charge is -2.16. The van der Waals surface area contributed by atoms with Gasteiger partial charge in [-0.05, 0) is 76.9 Å².